The largest absolute Gasteiger partial charge is 0.319 e. The maximum Gasteiger partial charge on any atom is 0.228 e. The minimum Gasteiger partial charge on any atom is -0.319 e. The van der Waals surface area contributed by atoms with E-state index < -0.39 is 0 Å². The molecule has 0 saturated carbocycles. The molecule has 0 aromatic heterocycles. The molecule has 0 N–H and O–H groups in total. The lowest BCUT2D eigenvalue weighted by Gasteiger charge is -2.26. The normalized spacial score (nSPS) is 19.6. The first-order chi connectivity index (χ1) is 3.84. The standard InChI is InChI=1S/C6H9NO/c1-2-4-7-5-3-6(7)8/h2,4H,3,5H2,1H3/b4-2-. The molecule has 0 aliphatic carbocycles. The highest BCUT2D eigenvalue weighted by Crippen LogP contribution is 2.07. The Hall–Kier alpha value is -0.790. The van der Waals surface area contributed by atoms with Gasteiger partial charge in [0.25, 0.3) is 0 Å². The van der Waals surface area contributed by atoms with Crippen LogP contribution in [0.1, 0.15) is 13.3 Å². The Bertz CT molecular complexity index is 128. The molecular formula is C6H9NO. The summed E-state index contributed by atoms with van der Waals surface area (Å²) >= 11 is 0. The Morgan fingerprint density at radius 3 is 2.62 bits per heavy atom. The van der Waals surface area contributed by atoms with Crippen LogP contribution >= 0.6 is 0 Å². The molecule has 2 nitrogen and oxygen atoms in total. The molecule has 0 unspecified atom stereocenters. The summed E-state index contributed by atoms with van der Waals surface area (Å²) in [6.07, 6.45) is 4.41. The Kier molecular flexibility index (Phi) is 1.33. The number of carbonyl (C=O) groups excluding carboxylic acids is 1. The van der Waals surface area contributed by atoms with Crippen LogP contribution in [-0.4, -0.2) is 17.4 Å². The van der Waals surface area contributed by atoms with Gasteiger partial charge in [-0.15, -0.1) is 0 Å². The van der Waals surface area contributed by atoms with Crippen LogP contribution < -0.4 is 0 Å². The third kappa shape index (κ3) is 0.735. The smallest absolute Gasteiger partial charge is 0.228 e. The van der Waals surface area contributed by atoms with Crippen molar-refractivity contribution < 1.29 is 4.79 Å². The van der Waals surface area contributed by atoms with Crippen molar-refractivity contribution in [3.63, 3.8) is 0 Å². The van der Waals surface area contributed by atoms with E-state index in [1.54, 1.807) is 4.90 Å². The van der Waals surface area contributed by atoms with Gasteiger partial charge in [-0.05, 0) is 6.92 Å². The summed E-state index contributed by atoms with van der Waals surface area (Å²) in [5.41, 5.74) is 0. The molecule has 1 saturated heterocycles. The highest BCUT2D eigenvalue weighted by molar-refractivity contribution is 5.82. The van der Waals surface area contributed by atoms with Crippen LogP contribution in [0.15, 0.2) is 12.3 Å². The summed E-state index contributed by atoms with van der Waals surface area (Å²) in [5.74, 6) is 0.239. The van der Waals surface area contributed by atoms with Crippen molar-refractivity contribution in [1.29, 1.82) is 0 Å². The highest BCUT2D eigenvalue weighted by Gasteiger charge is 2.19. The summed E-state index contributed by atoms with van der Waals surface area (Å²) in [6, 6.07) is 0. The first-order valence-electron chi connectivity index (χ1n) is 2.77. The van der Waals surface area contributed by atoms with Crippen LogP contribution in [0.2, 0.25) is 0 Å². The first-order valence-corrected chi connectivity index (χ1v) is 2.77. The minimum absolute atomic E-state index is 0.239. The van der Waals surface area contributed by atoms with E-state index in [-0.39, 0.29) is 5.91 Å². The van der Waals surface area contributed by atoms with E-state index in [1.807, 2.05) is 19.2 Å². The molecule has 1 aliphatic rings. The Morgan fingerprint density at radius 1 is 1.75 bits per heavy atom. The Balaban J connectivity index is 2.38. The van der Waals surface area contributed by atoms with Crippen molar-refractivity contribution in [1.82, 2.24) is 4.90 Å². The zero-order chi connectivity index (χ0) is 5.98. The van der Waals surface area contributed by atoms with Crippen molar-refractivity contribution in [2.45, 2.75) is 13.3 Å². The third-order valence-corrected chi connectivity index (χ3v) is 1.22. The lowest BCUT2D eigenvalue weighted by atomic mass is 10.2. The lowest BCUT2D eigenvalue weighted by molar-refractivity contribution is -0.136. The van der Waals surface area contributed by atoms with E-state index >= 15 is 0 Å². The SMILES string of the molecule is C/C=C\N1CCC1=O. The van der Waals surface area contributed by atoms with E-state index in [1.165, 1.54) is 0 Å². The number of nitrogens with zero attached hydrogens (tertiary/aromatic N) is 1. The molecule has 0 radical (unpaired) electrons. The molecule has 1 amide bonds. The van der Waals surface area contributed by atoms with Crippen LogP contribution in [0.5, 0.6) is 0 Å². The van der Waals surface area contributed by atoms with Crippen molar-refractivity contribution >= 4 is 5.91 Å². The molecule has 8 heavy (non-hydrogen) atoms. The predicted molar refractivity (Wildman–Crippen MR) is 31.1 cm³/mol. The monoisotopic (exact) mass is 111 g/mol. The van der Waals surface area contributed by atoms with Gasteiger partial charge in [0.15, 0.2) is 0 Å². The number of hydrogen-bond acceptors (Lipinski definition) is 1. The second-order valence-corrected chi connectivity index (χ2v) is 1.82. The number of amides is 1. The second-order valence-electron chi connectivity index (χ2n) is 1.82. The molecule has 44 valence electrons. The van der Waals surface area contributed by atoms with E-state index in [0.717, 1.165) is 13.0 Å². The average molecular weight is 111 g/mol. The van der Waals surface area contributed by atoms with Crippen molar-refractivity contribution in [3.05, 3.63) is 12.3 Å². The molecule has 0 bridgehead atoms. The fraction of sp³-hybridized carbons (Fsp3) is 0.500. The fourth-order valence-corrected chi connectivity index (χ4v) is 0.670. The van der Waals surface area contributed by atoms with Gasteiger partial charge < -0.3 is 4.90 Å². The summed E-state index contributed by atoms with van der Waals surface area (Å²) in [6.45, 7) is 2.81. The van der Waals surface area contributed by atoms with Crippen LogP contribution in [0.4, 0.5) is 0 Å². The minimum atomic E-state index is 0.239. The van der Waals surface area contributed by atoms with Crippen LogP contribution in [0, 0.1) is 0 Å². The van der Waals surface area contributed by atoms with Gasteiger partial charge in [-0.1, -0.05) is 6.08 Å². The molecule has 2 heteroatoms. The summed E-state index contributed by atoms with van der Waals surface area (Å²) in [4.78, 5) is 12.2. The average Bonchev–Trinajstić information content (AvgIpc) is 1.79. The van der Waals surface area contributed by atoms with Crippen molar-refractivity contribution in [2.24, 2.45) is 0 Å². The molecule has 1 fully saturated rings. The summed E-state index contributed by atoms with van der Waals surface area (Å²) in [5, 5.41) is 0. The van der Waals surface area contributed by atoms with E-state index in [9.17, 15) is 4.79 Å². The Labute approximate surface area is 48.8 Å². The van der Waals surface area contributed by atoms with Gasteiger partial charge >= 0.3 is 0 Å². The third-order valence-electron chi connectivity index (χ3n) is 1.22. The zero-order valence-corrected chi connectivity index (χ0v) is 4.92. The maximum atomic E-state index is 10.5. The summed E-state index contributed by atoms with van der Waals surface area (Å²) in [7, 11) is 0. The van der Waals surface area contributed by atoms with Gasteiger partial charge in [0.1, 0.15) is 0 Å². The summed E-state index contributed by atoms with van der Waals surface area (Å²) < 4.78 is 0. The molecule has 0 spiro atoms. The van der Waals surface area contributed by atoms with Crippen LogP contribution in [-0.2, 0) is 4.79 Å². The Morgan fingerprint density at radius 2 is 2.50 bits per heavy atom. The molecule has 0 aromatic rings. The predicted octanol–water partition coefficient (Wildman–Crippen LogP) is 0.752. The number of carbonyl (C=O) groups is 1. The van der Waals surface area contributed by atoms with E-state index in [2.05, 4.69) is 0 Å². The number of allylic oxidation sites excluding steroid dienone is 1. The van der Waals surface area contributed by atoms with Gasteiger partial charge in [0.2, 0.25) is 5.91 Å². The quantitative estimate of drug-likeness (QED) is 0.457. The van der Waals surface area contributed by atoms with Crippen LogP contribution in [0.3, 0.4) is 0 Å². The molecule has 1 heterocycles. The van der Waals surface area contributed by atoms with Gasteiger partial charge in [0.05, 0.1) is 0 Å². The van der Waals surface area contributed by atoms with E-state index in [4.69, 9.17) is 0 Å². The molecule has 0 aromatic carbocycles. The number of β-lactam (4-membered cyclic amide) rings is 1. The second kappa shape index (κ2) is 1.99. The van der Waals surface area contributed by atoms with Crippen LogP contribution in [0.25, 0.3) is 0 Å². The van der Waals surface area contributed by atoms with Crippen molar-refractivity contribution in [3.8, 4) is 0 Å². The number of likely N-dealkylation sites (tertiary alicyclic amines) is 1. The number of rotatable bonds is 1. The fourth-order valence-electron chi connectivity index (χ4n) is 0.670. The van der Waals surface area contributed by atoms with Gasteiger partial charge in [-0.3, -0.25) is 4.79 Å². The molecular weight excluding hydrogens is 102 g/mol. The number of hydrogen-bond donors (Lipinski definition) is 0. The lowest BCUT2D eigenvalue weighted by Crippen LogP contribution is -2.38. The maximum absolute atomic E-state index is 10.5. The van der Waals surface area contributed by atoms with Gasteiger partial charge in [0, 0.05) is 19.2 Å². The first kappa shape index (κ1) is 5.35. The van der Waals surface area contributed by atoms with Gasteiger partial charge in [-0.25, -0.2) is 0 Å². The van der Waals surface area contributed by atoms with E-state index in [0.29, 0.717) is 0 Å². The molecule has 1 rings (SSSR count). The van der Waals surface area contributed by atoms with Crippen molar-refractivity contribution in [2.75, 3.05) is 6.54 Å². The highest BCUT2D eigenvalue weighted by atomic mass is 16.2. The van der Waals surface area contributed by atoms with Gasteiger partial charge in [-0.2, -0.15) is 0 Å². The topological polar surface area (TPSA) is 20.3 Å². The molecule has 1 aliphatic heterocycles. The molecule has 0 atom stereocenters. The zero-order valence-electron chi connectivity index (χ0n) is 4.92.